The van der Waals surface area contributed by atoms with Crippen molar-refractivity contribution in [1.29, 1.82) is 0 Å². The number of benzene rings is 2. The van der Waals surface area contributed by atoms with Crippen LogP contribution in [0.15, 0.2) is 60.7 Å². The zero-order valence-corrected chi connectivity index (χ0v) is 17.3. The van der Waals surface area contributed by atoms with Crippen LogP contribution in [0.1, 0.15) is 37.5 Å². The van der Waals surface area contributed by atoms with Gasteiger partial charge in [0.1, 0.15) is 12.4 Å². The summed E-state index contributed by atoms with van der Waals surface area (Å²) in [6, 6.07) is 16.7. The van der Waals surface area contributed by atoms with Gasteiger partial charge in [-0.3, -0.25) is 4.90 Å². The quantitative estimate of drug-likeness (QED) is 0.594. The summed E-state index contributed by atoms with van der Waals surface area (Å²) >= 11 is 0. The fraction of sp³-hybridized carbons (Fsp3) is 0.360. The van der Waals surface area contributed by atoms with Crippen molar-refractivity contribution in [2.75, 3.05) is 13.6 Å². The number of rotatable bonds is 7. The maximum atomic E-state index is 6.04. The molecule has 0 aliphatic rings. The molecule has 0 heterocycles. The zero-order chi connectivity index (χ0) is 19.7. The molecule has 0 spiro atoms. The highest BCUT2D eigenvalue weighted by atomic mass is 16.5. The molecule has 0 aromatic heterocycles. The van der Waals surface area contributed by atoms with Crippen molar-refractivity contribution in [3.05, 3.63) is 77.4 Å². The molecule has 2 aromatic carbocycles. The van der Waals surface area contributed by atoms with Gasteiger partial charge in [0.05, 0.1) is 0 Å². The molecule has 27 heavy (non-hydrogen) atoms. The summed E-state index contributed by atoms with van der Waals surface area (Å²) in [5.41, 5.74) is 3.64. The molecule has 2 aromatic rings. The first-order valence-electron chi connectivity index (χ1n) is 9.46. The molecule has 2 nitrogen and oxygen atoms in total. The Morgan fingerprint density at radius 2 is 1.78 bits per heavy atom. The van der Waals surface area contributed by atoms with Gasteiger partial charge in [0.25, 0.3) is 0 Å². The van der Waals surface area contributed by atoms with Gasteiger partial charge >= 0.3 is 0 Å². The van der Waals surface area contributed by atoms with Gasteiger partial charge in [-0.1, -0.05) is 60.4 Å². The molecule has 0 aliphatic heterocycles. The Morgan fingerprint density at radius 3 is 2.48 bits per heavy atom. The van der Waals surface area contributed by atoms with Crippen LogP contribution in [0.3, 0.4) is 0 Å². The molecule has 2 rings (SSSR count). The molecule has 0 atom stereocenters. The Morgan fingerprint density at radius 1 is 1.04 bits per heavy atom. The maximum absolute atomic E-state index is 6.04. The second kappa shape index (κ2) is 10.00. The third kappa shape index (κ3) is 8.15. The van der Waals surface area contributed by atoms with Gasteiger partial charge in [0.15, 0.2) is 0 Å². The second-order valence-electron chi connectivity index (χ2n) is 7.99. The first-order valence-corrected chi connectivity index (χ1v) is 9.46. The topological polar surface area (TPSA) is 12.5 Å². The SMILES string of the molecule is Cc1ccc(CN(C)C/C=C/C#CC(C)(C)C)cc1OCc1ccccc1. The van der Waals surface area contributed by atoms with Gasteiger partial charge in [0, 0.05) is 18.5 Å². The largest absolute Gasteiger partial charge is 0.489 e. The zero-order valence-electron chi connectivity index (χ0n) is 17.3. The van der Waals surface area contributed by atoms with E-state index in [4.69, 9.17) is 4.74 Å². The van der Waals surface area contributed by atoms with E-state index in [0.29, 0.717) is 6.61 Å². The number of hydrogen-bond donors (Lipinski definition) is 0. The van der Waals surface area contributed by atoms with Crippen LogP contribution >= 0.6 is 0 Å². The lowest BCUT2D eigenvalue weighted by Crippen LogP contribution is -2.17. The third-order valence-corrected chi connectivity index (χ3v) is 4.01. The normalized spacial score (nSPS) is 11.5. The number of hydrogen-bond acceptors (Lipinski definition) is 2. The molecule has 0 aliphatic carbocycles. The molecular weight excluding hydrogens is 330 g/mol. The van der Waals surface area contributed by atoms with E-state index < -0.39 is 0 Å². The third-order valence-electron chi connectivity index (χ3n) is 4.01. The van der Waals surface area contributed by atoms with E-state index in [-0.39, 0.29) is 5.41 Å². The summed E-state index contributed by atoms with van der Waals surface area (Å²) in [4.78, 5) is 2.26. The number of likely N-dealkylation sites (N-methyl/N-ethyl adjacent to an activating group) is 1. The van der Waals surface area contributed by atoms with Gasteiger partial charge in [-0.05, 0) is 63.6 Å². The average molecular weight is 362 g/mol. The lowest BCUT2D eigenvalue weighted by atomic mass is 9.98. The fourth-order valence-corrected chi connectivity index (χ4v) is 2.56. The molecule has 0 unspecified atom stereocenters. The number of aryl methyl sites for hydroxylation is 1. The van der Waals surface area contributed by atoms with Crippen LogP contribution in [0.5, 0.6) is 5.75 Å². The van der Waals surface area contributed by atoms with Crippen molar-refractivity contribution in [2.24, 2.45) is 5.41 Å². The summed E-state index contributed by atoms with van der Waals surface area (Å²) in [5, 5.41) is 0. The minimum atomic E-state index is 0.0499. The highest BCUT2D eigenvalue weighted by Gasteiger charge is 2.05. The van der Waals surface area contributed by atoms with Crippen molar-refractivity contribution in [1.82, 2.24) is 4.90 Å². The van der Waals surface area contributed by atoms with Crippen molar-refractivity contribution in [3.8, 4) is 17.6 Å². The molecule has 0 saturated carbocycles. The minimum absolute atomic E-state index is 0.0499. The molecule has 0 saturated heterocycles. The Bertz CT molecular complexity index is 804. The van der Waals surface area contributed by atoms with E-state index in [0.717, 1.165) is 24.4 Å². The first kappa shape index (κ1) is 20.8. The molecular formula is C25H31NO. The van der Waals surface area contributed by atoms with Crippen LogP contribution in [-0.4, -0.2) is 18.5 Å². The van der Waals surface area contributed by atoms with E-state index in [2.05, 4.69) is 87.9 Å². The van der Waals surface area contributed by atoms with Crippen molar-refractivity contribution >= 4 is 0 Å². The fourth-order valence-electron chi connectivity index (χ4n) is 2.56. The van der Waals surface area contributed by atoms with E-state index in [9.17, 15) is 0 Å². The maximum Gasteiger partial charge on any atom is 0.123 e. The summed E-state index contributed by atoms with van der Waals surface area (Å²) in [5.74, 6) is 7.29. The molecule has 142 valence electrons. The Balaban J connectivity index is 1.90. The Kier molecular flexibility index (Phi) is 7.70. The lowest BCUT2D eigenvalue weighted by molar-refractivity contribution is 0.302. The van der Waals surface area contributed by atoms with E-state index in [1.54, 1.807) is 0 Å². The van der Waals surface area contributed by atoms with Crippen molar-refractivity contribution < 1.29 is 4.74 Å². The van der Waals surface area contributed by atoms with Gasteiger partial charge in [-0.15, -0.1) is 0 Å². The van der Waals surface area contributed by atoms with Crippen LogP contribution in [-0.2, 0) is 13.2 Å². The molecule has 0 N–H and O–H groups in total. The molecule has 2 heteroatoms. The van der Waals surface area contributed by atoms with Crippen LogP contribution in [0.25, 0.3) is 0 Å². The monoisotopic (exact) mass is 361 g/mol. The summed E-state index contributed by atoms with van der Waals surface area (Å²) in [6.07, 6.45) is 4.06. The number of ether oxygens (including phenoxy) is 1. The van der Waals surface area contributed by atoms with E-state index in [1.807, 2.05) is 24.3 Å². The summed E-state index contributed by atoms with van der Waals surface area (Å²) in [7, 11) is 2.12. The summed E-state index contributed by atoms with van der Waals surface area (Å²) in [6.45, 7) is 10.8. The van der Waals surface area contributed by atoms with Gasteiger partial charge in [-0.25, -0.2) is 0 Å². The van der Waals surface area contributed by atoms with E-state index >= 15 is 0 Å². The predicted octanol–water partition coefficient (Wildman–Crippen LogP) is 5.61. The van der Waals surface area contributed by atoms with Gasteiger partial charge in [0.2, 0.25) is 0 Å². The highest BCUT2D eigenvalue weighted by Crippen LogP contribution is 2.21. The van der Waals surface area contributed by atoms with Crippen LogP contribution in [0.2, 0.25) is 0 Å². The Hall–Kier alpha value is -2.50. The molecule has 0 bridgehead atoms. The smallest absolute Gasteiger partial charge is 0.123 e. The number of allylic oxidation sites excluding steroid dienone is 1. The van der Waals surface area contributed by atoms with Crippen molar-refractivity contribution in [3.63, 3.8) is 0 Å². The van der Waals surface area contributed by atoms with Crippen LogP contribution in [0.4, 0.5) is 0 Å². The predicted molar refractivity (Wildman–Crippen MR) is 115 cm³/mol. The standard InChI is InChI=1S/C25H31NO/c1-21-14-15-23(18-24(21)27-20-22-12-8-6-9-13-22)19-26(5)17-11-7-10-16-25(2,3)4/h6-9,11-15,18H,17,19-20H2,1-5H3/b11-7+. The second-order valence-corrected chi connectivity index (χ2v) is 7.99. The van der Waals surface area contributed by atoms with E-state index in [1.165, 1.54) is 11.1 Å². The highest BCUT2D eigenvalue weighted by molar-refractivity contribution is 5.37. The molecule has 0 fully saturated rings. The van der Waals surface area contributed by atoms with Gasteiger partial charge in [-0.2, -0.15) is 0 Å². The Labute approximate surface area is 164 Å². The minimum Gasteiger partial charge on any atom is -0.489 e. The molecule has 0 amide bonds. The average Bonchev–Trinajstić information content (AvgIpc) is 2.62. The van der Waals surface area contributed by atoms with Gasteiger partial charge < -0.3 is 4.74 Å². The van der Waals surface area contributed by atoms with Crippen molar-refractivity contribution in [2.45, 2.75) is 40.8 Å². The lowest BCUT2D eigenvalue weighted by Gasteiger charge is -2.16. The van der Waals surface area contributed by atoms with Crippen LogP contribution in [0, 0.1) is 24.2 Å². The molecule has 0 radical (unpaired) electrons. The number of nitrogens with zero attached hydrogens (tertiary/aromatic N) is 1. The van der Waals surface area contributed by atoms with Crippen LogP contribution < -0.4 is 4.74 Å². The summed E-state index contributed by atoms with van der Waals surface area (Å²) < 4.78 is 6.04. The first-order chi connectivity index (χ1) is 12.8.